The van der Waals surface area contributed by atoms with Crippen LogP contribution < -0.4 is 0 Å². The third-order valence-corrected chi connectivity index (χ3v) is 9.96. The Labute approximate surface area is 151 Å². The molecule has 25 heavy (non-hydrogen) atoms. The largest absolute Gasteiger partial charge is 0.411 e. The Hall–Kier alpha value is -1.46. The number of nitrogens with one attached hydrogen (secondary N) is 1. The molecule has 0 spiro atoms. The van der Waals surface area contributed by atoms with Gasteiger partial charge in [-0.3, -0.25) is 0 Å². The van der Waals surface area contributed by atoms with Crippen LogP contribution in [0.5, 0.6) is 0 Å². The Balaban J connectivity index is 2.37. The van der Waals surface area contributed by atoms with Gasteiger partial charge in [0.2, 0.25) is 0 Å². The van der Waals surface area contributed by atoms with Crippen molar-refractivity contribution in [1.29, 1.82) is 5.41 Å². The van der Waals surface area contributed by atoms with Crippen molar-refractivity contribution in [3.63, 3.8) is 0 Å². The Bertz CT molecular complexity index is 787. The summed E-state index contributed by atoms with van der Waals surface area (Å²) in [4.78, 5) is 0. The average Bonchev–Trinajstić information content (AvgIpc) is 2.75. The summed E-state index contributed by atoms with van der Waals surface area (Å²) >= 11 is 0. The SMILES string of the molecule is CCCC(=N)c1ccc2c(c1)c(F)c(CO[Si](C)(C)C(C)(C)C)n2C. The monoisotopic (exact) mass is 362 g/mol. The Morgan fingerprint density at radius 1 is 1.28 bits per heavy atom. The van der Waals surface area contributed by atoms with Crippen LogP contribution in [0.15, 0.2) is 18.2 Å². The van der Waals surface area contributed by atoms with Crippen molar-refractivity contribution in [2.45, 2.75) is 65.3 Å². The lowest BCUT2D eigenvalue weighted by molar-refractivity contribution is 0.263. The normalized spacial score (nSPS) is 12.8. The number of aromatic nitrogens is 1. The zero-order valence-corrected chi connectivity index (χ0v) is 17.6. The van der Waals surface area contributed by atoms with Crippen LogP contribution in [0.25, 0.3) is 10.9 Å². The quantitative estimate of drug-likeness (QED) is 0.496. The fourth-order valence-corrected chi connectivity index (χ4v) is 3.59. The number of aryl methyl sites for hydroxylation is 1. The number of halogens is 1. The van der Waals surface area contributed by atoms with Crippen LogP contribution in [-0.2, 0) is 18.1 Å². The second-order valence-electron chi connectivity index (χ2n) is 8.33. The highest BCUT2D eigenvalue weighted by atomic mass is 28.4. The third kappa shape index (κ3) is 3.87. The maximum atomic E-state index is 15.0. The van der Waals surface area contributed by atoms with E-state index in [4.69, 9.17) is 9.84 Å². The van der Waals surface area contributed by atoms with Crippen molar-refractivity contribution >= 4 is 24.9 Å². The molecule has 3 nitrogen and oxygen atoms in total. The molecule has 1 N–H and O–H groups in total. The van der Waals surface area contributed by atoms with Gasteiger partial charge in [0.25, 0.3) is 0 Å². The molecule has 1 aromatic heterocycles. The van der Waals surface area contributed by atoms with Gasteiger partial charge in [-0.1, -0.05) is 40.2 Å². The maximum absolute atomic E-state index is 15.0. The molecule has 5 heteroatoms. The van der Waals surface area contributed by atoms with Crippen LogP contribution >= 0.6 is 0 Å². The molecule has 0 aliphatic carbocycles. The van der Waals surface area contributed by atoms with E-state index in [9.17, 15) is 0 Å². The summed E-state index contributed by atoms with van der Waals surface area (Å²) in [6, 6.07) is 5.63. The van der Waals surface area contributed by atoms with E-state index >= 15 is 4.39 Å². The van der Waals surface area contributed by atoms with Gasteiger partial charge in [0, 0.05) is 18.1 Å². The molecule has 0 unspecified atom stereocenters. The molecule has 1 aromatic carbocycles. The summed E-state index contributed by atoms with van der Waals surface area (Å²) in [7, 11) is -0.0544. The van der Waals surface area contributed by atoms with E-state index in [0.717, 1.165) is 17.5 Å². The zero-order valence-electron chi connectivity index (χ0n) is 16.6. The molecule has 0 saturated carbocycles. The molecule has 138 valence electrons. The molecule has 1 heterocycles. The van der Waals surface area contributed by atoms with Gasteiger partial charge in [0.05, 0.1) is 17.8 Å². The van der Waals surface area contributed by atoms with E-state index in [1.807, 2.05) is 30.7 Å². The predicted molar refractivity (Wildman–Crippen MR) is 107 cm³/mol. The smallest absolute Gasteiger partial charge is 0.192 e. The summed E-state index contributed by atoms with van der Waals surface area (Å²) in [6.45, 7) is 13.2. The van der Waals surface area contributed by atoms with E-state index in [1.165, 1.54) is 0 Å². The molecule has 2 rings (SSSR count). The first kappa shape index (κ1) is 19.9. The summed E-state index contributed by atoms with van der Waals surface area (Å²) in [5.74, 6) is -0.220. The van der Waals surface area contributed by atoms with E-state index in [2.05, 4.69) is 33.9 Å². The fraction of sp³-hybridized carbons (Fsp3) is 0.550. The minimum absolute atomic E-state index is 0.0937. The number of benzene rings is 1. The Morgan fingerprint density at radius 3 is 2.48 bits per heavy atom. The van der Waals surface area contributed by atoms with Gasteiger partial charge in [0.1, 0.15) is 0 Å². The van der Waals surface area contributed by atoms with Crippen molar-refractivity contribution in [1.82, 2.24) is 4.57 Å². The summed E-state index contributed by atoms with van der Waals surface area (Å²) in [6.07, 6.45) is 1.63. The average molecular weight is 363 g/mol. The van der Waals surface area contributed by atoms with Crippen molar-refractivity contribution in [2.24, 2.45) is 7.05 Å². The van der Waals surface area contributed by atoms with Gasteiger partial charge < -0.3 is 14.4 Å². The molecular formula is C20H31FN2OSi. The number of hydrogen-bond acceptors (Lipinski definition) is 2. The fourth-order valence-electron chi connectivity index (χ4n) is 2.66. The maximum Gasteiger partial charge on any atom is 0.192 e. The van der Waals surface area contributed by atoms with Crippen molar-refractivity contribution in [2.75, 3.05) is 0 Å². The van der Waals surface area contributed by atoms with Crippen molar-refractivity contribution < 1.29 is 8.82 Å². The lowest BCUT2D eigenvalue weighted by Crippen LogP contribution is -2.40. The third-order valence-electron chi connectivity index (χ3n) is 5.48. The number of nitrogens with zero attached hydrogens (tertiary/aromatic N) is 1. The second kappa shape index (κ2) is 7.04. The predicted octanol–water partition coefficient (Wildman–Crippen LogP) is 6.01. The molecule has 0 bridgehead atoms. The molecule has 0 fully saturated rings. The van der Waals surface area contributed by atoms with Crippen LogP contribution in [0.2, 0.25) is 18.1 Å². The molecule has 0 saturated heterocycles. The van der Waals surface area contributed by atoms with Crippen LogP contribution in [0.4, 0.5) is 4.39 Å². The van der Waals surface area contributed by atoms with Gasteiger partial charge in [0.15, 0.2) is 14.1 Å². The van der Waals surface area contributed by atoms with Gasteiger partial charge in [-0.05, 0) is 42.2 Å². The first-order valence-corrected chi connectivity index (χ1v) is 11.9. The Kier molecular flexibility index (Phi) is 5.59. The molecule has 0 atom stereocenters. The van der Waals surface area contributed by atoms with Crippen LogP contribution in [-0.4, -0.2) is 18.6 Å². The van der Waals surface area contributed by atoms with Gasteiger partial charge in [-0.2, -0.15) is 0 Å². The second-order valence-corrected chi connectivity index (χ2v) is 13.1. The van der Waals surface area contributed by atoms with E-state index in [-0.39, 0.29) is 17.5 Å². The van der Waals surface area contributed by atoms with Gasteiger partial charge >= 0.3 is 0 Å². The molecule has 2 aromatic rings. The highest BCUT2D eigenvalue weighted by molar-refractivity contribution is 6.74. The topological polar surface area (TPSA) is 38.0 Å². The van der Waals surface area contributed by atoms with Crippen molar-refractivity contribution in [3.8, 4) is 0 Å². The molecule has 0 aliphatic heterocycles. The van der Waals surface area contributed by atoms with Crippen LogP contribution in [0.1, 0.15) is 51.8 Å². The zero-order chi connectivity index (χ0) is 19.0. The van der Waals surface area contributed by atoms with Crippen molar-refractivity contribution in [3.05, 3.63) is 35.3 Å². The Morgan fingerprint density at radius 2 is 1.92 bits per heavy atom. The molecular weight excluding hydrogens is 331 g/mol. The highest BCUT2D eigenvalue weighted by Crippen LogP contribution is 2.37. The van der Waals surface area contributed by atoms with Crippen LogP contribution in [0.3, 0.4) is 0 Å². The number of hydrogen-bond donors (Lipinski definition) is 1. The summed E-state index contributed by atoms with van der Waals surface area (Å²) in [5.41, 5.74) is 2.79. The number of fused-ring (bicyclic) bond motifs is 1. The van der Waals surface area contributed by atoms with Gasteiger partial charge in [-0.15, -0.1) is 0 Å². The lowest BCUT2D eigenvalue weighted by atomic mass is 10.0. The summed E-state index contributed by atoms with van der Waals surface area (Å²) in [5, 5.41) is 8.79. The lowest BCUT2D eigenvalue weighted by Gasteiger charge is -2.36. The van der Waals surface area contributed by atoms with E-state index in [0.29, 0.717) is 23.2 Å². The first-order valence-electron chi connectivity index (χ1n) is 8.98. The molecule has 0 amide bonds. The van der Waals surface area contributed by atoms with Crippen LogP contribution in [0, 0.1) is 11.2 Å². The number of rotatable bonds is 6. The molecule has 0 radical (unpaired) electrons. The highest BCUT2D eigenvalue weighted by Gasteiger charge is 2.37. The van der Waals surface area contributed by atoms with E-state index < -0.39 is 8.32 Å². The standard InChI is InChI=1S/C20H31FN2OSi/c1-8-9-16(22)14-10-11-17-15(12-14)19(21)18(23(17)5)13-24-25(6,7)20(2,3)4/h10-12,22H,8-9,13H2,1-7H3. The summed E-state index contributed by atoms with van der Waals surface area (Å²) < 4.78 is 23.1. The van der Waals surface area contributed by atoms with Gasteiger partial charge in [-0.25, -0.2) is 4.39 Å². The van der Waals surface area contributed by atoms with E-state index in [1.54, 1.807) is 6.07 Å². The minimum atomic E-state index is -1.94. The first-order chi connectivity index (χ1) is 11.5. The minimum Gasteiger partial charge on any atom is -0.411 e. The molecule has 0 aliphatic rings.